The van der Waals surface area contributed by atoms with Crippen LogP contribution in [0.25, 0.3) is 16.9 Å². The molecule has 0 aliphatic carbocycles. The number of para-hydroxylation sites is 1. The highest BCUT2D eigenvalue weighted by Crippen LogP contribution is 2.27. The Hall–Kier alpha value is -2.92. The number of amides is 1. The van der Waals surface area contributed by atoms with Gasteiger partial charge in [-0.1, -0.05) is 55.5 Å². The van der Waals surface area contributed by atoms with Crippen molar-refractivity contribution in [2.75, 3.05) is 32.7 Å². The smallest absolute Gasteiger partial charge is 0.257 e. The molecule has 1 aliphatic heterocycles. The summed E-state index contributed by atoms with van der Waals surface area (Å²) in [6.45, 7) is 6.57. The molecule has 0 spiro atoms. The number of piperazine rings is 1. The Kier molecular flexibility index (Phi) is 5.03. The second kappa shape index (κ2) is 7.76. The SMILES string of the molecule is CCN1CCN(C(=O)c2cnn(-c3ccccc3)c2-c2ccccc2)CC1. The molecule has 0 bridgehead atoms. The van der Waals surface area contributed by atoms with Gasteiger partial charge >= 0.3 is 0 Å². The van der Waals surface area contributed by atoms with Crippen molar-refractivity contribution in [2.45, 2.75) is 6.92 Å². The first-order valence-electron chi connectivity index (χ1n) is 9.48. The maximum absolute atomic E-state index is 13.3. The molecule has 27 heavy (non-hydrogen) atoms. The van der Waals surface area contributed by atoms with Gasteiger partial charge in [0.05, 0.1) is 23.1 Å². The lowest BCUT2D eigenvalue weighted by atomic mass is 10.1. The van der Waals surface area contributed by atoms with Crippen molar-refractivity contribution in [2.24, 2.45) is 0 Å². The lowest BCUT2D eigenvalue weighted by molar-refractivity contribution is 0.0644. The quantitative estimate of drug-likeness (QED) is 0.717. The molecule has 5 nitrogen and oxygen atoms in total. The molecule has 138 valence electrons. The fraction of sp³-hybridized carbons (Fsp3) is 0.273. The molecule has 3 aromatic rings. The van der Waals surface area contributed by atoms with E-state index in [1.807, 2.05) is 70.2 Å². The second-order valence-electron chi connectivity index (χ2n) is 6.75. The van der Waals surface area contributed by atoms with Crippen LogP contribution in [0.1, 0.15) is 17.3 Å². The first-order valence-corrected chi connectivity index (χ1v) is 9.48. The summed E-state index contributed by atoms with van der Waals surface area (Å²) in [7, 11) is 0. The molecule has 4 rings (SSSR count). The zero-order chi connectivity index (χ0) is 18.6. The van der Waals surface area contributed by atoms with E-state index in [2.05, 4.69) is 16.9 Å². The van der Waals surface area contributed by atoms with Gasteiger partial charge in [-0.25, -0.2) is 4.68 Å². The molecule has 1 amide bonds. The molecule has 0 N–H and O–H groups in total. The fourth-order valence-electron chi connectivity index (χ4n) is 3.58. The third-order valence-corrected chi connectivity index (χ3v) is 5.15. The largest absolute Gasteiger partial charge is 0.336 e. The van der Waals surface area contributed by atoms with Gasteiger partial charge in [0, 0.05) is 31.7 Å². The predicted molar refractivity (Wildman–Crippen MR) is 107 cm³/mol. The summed E-state index contributed by atoms with van der Waals surface area (Å²) < 4.78 is 1.87. The highest BCUT2D eigenvalue weighted by Gasteiger charge is 2.26. The van der Waals surface area contributed by atoms with E-state index in [0.29, 0.717) is 5.56 Å². The van der Waals surface area contributed by atoms with Crippen LogP contribution in [-0.4, -0.2) is 58.2 Å². The van der Waals surface area contributed by atoms with E-state index in [-0.39, 0.29) is 5.91 Å². The topological polar surface area (TPSA) is 41.4 Å². The summed E-state index contributed by atoms with van der Waals surface area (Å²) in [4.78, 5) is 17.6. The van der Waals surface area contributed by atoms with Crippen LogP contribution in [0.5, 0.6) is 0 Å². The zero-order valence-corrected chi connectivity index (χ0v) is 15.6. The van der Waals surface area contributed by atoms with Gasteiger partial charge in [-0.3, -0.25) is 4.79 Å². The van der Waals surface area contributed by atoms with Crippen molar-refractivity contribution in [3.8, 4) is 16.9 Å². The molecular weight excluding hydrogens is 336 g/mol. The zero-order valence-electron chi connectivity index (χ0n) is 15.6. The number of nitrogens with zero attached hydrogens (tertiary/aromatic N) is 4. The molecule has 1 saturated heterocycles. The molecule has 2 aromatic carbocycles. The summed E-state index contributed by atoms with van der Waals surface area (Å²) >= 11 is 0. The highest BCUT2D eigenvalue weighted by molar-refractivity contribution is 6.00. The summed E-state index contributed by atoms with van der Waals surface area (Å²) in [5.74, 6) is 0.0618. The fourth-order valence-corrected chi connectivity index (χ4v) is 3.58. The summed E-state index contributed by atoms with van der Waals surface area (Å²) in [5.41, 5.74) is 3.46. The summed E-state index contributed by atoms with van der Waals surface area (Å²) in [6.07, 6.45) is 1.71. The molecule has 2 heterocycles. The van der Waals surface area contributed by atoms with Crippen LogP contribution in [0.2, 0.25) is 0 Å². The van der Waals surface area contributed by atoms with E-state index in [1.165, 1.54) is 0 Å². The number of carbonyl (C=O) groups excluding carboxylic acids is 1. The first-order chi connectivity index (χ1) is 13.3. The van der Waals surface area contributed by atoms with E-state index in [4.69, 9.17) is 0 Å². The number of carbonyl (C=O) groups is 1. The predicted octanol–water partition coefficient (Wildman–Crippen LogP) is 3.32. The average molecular weight is 360 g/mol. The van der Waals surface area contributed by atoms with Crippen molar-refractivity contribution >= 4 is 5.91 Å². The minimum atomic E-state index is 0.0618. The standard InChI is InChI=1S/C22H24N4O/c1-2-24-13-15-25(16-14-24)22(27)20-17-23-26(19-11-7-4-8-12-19)21(20)18-9-5-3-6-10-18/h3-12,17H,2,13-16H2,1H3. The van der Waals surface area contributed by atoms with Gasteiger partial charge in [0.15, 0.2) is 0 Å². The minimum Gasteiger partial charge on any atom is -0.336 e. The van der Waals surface area contributed by atoms with E-state index in [1.54, 1.807) is 6.20 Å². The van der Waals surface area contributed by atoms with Crippen LogP contribution in [0.15, 0.2) is 66.9 Å². The third-order valence-electron chi connectivity index (χ3n) is 5.15. The van der Waals surface area contributed by atoms with Gasteiger partial charge in [-0.15, -0.1) is 0 Å². The number of aromatic nitrogens is 2. The van der Waals surface area contributed by atoms with Gasteiger partial charge in [0.25, 0.3) is 5.91 Å². The Labute approximate surface area is 159 Å². The average Bonchev–Trinajstić information content (AvgIpc) is 3.19. The van der Waals surface area contributed by atoms with Crippen molar-refractivity contribution in [3.63, 3.8) is 0 Å². The highest BCUT2D eigenvalue weighted by atomic mass is 16.2. The van der Waals surface area contributed by atoms with E-state index < -0.39 is 0 Å². The van der Waals surface area contributed by atoms with Gasteiger partial charge in [-0.2, -0.15) is 5.10 Å². The normalized spacial score (nSPS) is 15.1. The van der Waals surface area contributed by atoms with Crippen LogP contribution in [0.4, 0.5) is 0 Å². The third kappa shape index (κ3) is 3.51. The lowest BCUT2D eigenvalue weighted by Crippen LogP contribution is -2.48. The molecule has 1 aromatic heterocycles. The molecule has 0 radical (unpaired) electrons. The Morgan fingerprint density at radius 3 is 2.19 bits per heavy atom. The second-order valence-corrected chi connectivity index (χ2v) is 6.75. The molecule has 0 atom stereocenters. The molecule has 0 unspecified atom stereocenters. The maximum atomic E-state index is 13.3. The Morgan fingerprint density at radius 2 is 1.56 bits per heavy atom. The molecule has 5 heteroatoms. The van der Waals surface area contributed by atoms with Gasteiger partial charge in [0.1, 0.15) is 0 Å². The van der Waals surface area contributed by atoms with Crippen molar-refractivity contribution in [1.29, 1.82) is 0 Å². The maximum Gasteiger partial charge on any atom is 0.257 e. The Balaban J connectivity index is 1.73. The number of likely N-dealkylation sites (N-methyl/N-ethyl adjacent to an activating group) is 1. The van der Waals surface area contributed by atoms with E-state index in [0.717, 1.165) is 49.7 Å². The summed E-state index contributed by atoms with van der Waals surface area (Å²) in [5, 5.41) is 4.57. The molecular formula is C22H24N4O. The monoisotopic (exact) mass is 360 g/mol. The number of benzene rings is 2. The van der Waals surface area contributed by atoms with Gasteiger partial charge in [0.2, 0.25) is 0 Å². The molecule has 1 aliphatic rings. The number of hydrogen-bond acceptors (Lipinski definition) is 3. The number of hydrogen-bond donors (Lipinski definition) is 0. The van der Waals surface area contributed by atoms with Crippen molar-refractivity contribution in [1.82, 2.24) is 19.6 Å². The molecule has 1 fully saturated rings. The van der Waals surface area contributed by atoms with Gasteiger partial charge in [-0.05, 0) is 18.7 Å². The molecule has 0 saturated carbocycles. The van der Waals surface area contributed by atoms with Crippen molar-refractivity contribution < 1.29 is 4.79 Å². The van der Waals surface area contributed by atoms with Crippen LogP contribution in [0, 0.1) is 0 Å². The lowest BCUT2D eigenvalue weighted by Gasteiger charge is -2.34. The van der Waals surface area contributed by atoms with Crippen LogP contribution < -0.4 is 0 Å². The number of rotatable bonds is 4. The Bertz CT molecular complexity index is 897. The first kappa shape index (κ1) is 17.5. The van der Waals surface area contributed by atoms with Crippen LogP contribution in [-0.2, 0) is 0 Å². The van der Waals surface area contributed by atoms with Gasteiger partial charge < -0.3 is 9.80 Å². The summed E-state index contributed by atoms with van der Waals surface area (Å²) in [6, 6.07) is 20.0. The Morgan fingerprint density at radius 1 is 0.926 bits per heavy atom. The van der Waals surface area contributed by atoms with Crippen LogP contribution >= 0.6 is 0 Å². The van der Waals surface area contributed by atoms with E-state index >= 15 is 0 Å². The van der Waals surface area contributed by atoms with E-state index in [9.17, 15) is 4.79 Å². The van der Waals surface area contributed by atoms with Crippen LogP contribution in [0.3, 0.4) is 0 Å². The minimum absolute atomic E-state index is 0.0618. The van der Waals surface area contributed by atoms with Crippen molar-refractivity contribution in [3.05, 3.63) is 72.4 Å².